The number of alkyl halides is 1. The van der Waals surface area contributed by atoms with Gasteiger partial charge in [0, 0.05) is 11.5 Å². The van der Waals surface area contributed by atoms with E-state index in [0.29, 0.717) is 5.82 Å². The molecule has 0 aliphatic heterocycles. The maximum atomic E-state index is 11.4. The molecule has 0 unspecified atom stereocenters. The molecule has 0 atom stereocenters. The summed E-state index contributed by atoms with van der Waals surface area (Å²) in [5.74, 6) is 0.485. The van der Waals surface area contributed by atoms with E-state index in [0.717, 1.165) is 10.9 Å². The van der Waals surface area contributed by atoms with Crippen molar-refractivity contribution in [2.75, 3.05) is 5.32 Å². The number of pyridine rings is 1. The van der Waals surface area contributed by atoms with Crippen molar-refractivity contribution >= 4 is 51.7 Å². The lowest BCUT2D eigenvalue weighted by Gasteiger charge is -2.19. The second kappa shape index (κ2) is 13.2. The Bertz CT molecular complexity index is 1070. The largest absolute Gasteiger partial charge is 0.444 e. The van der Waals surface area contributed by atoms with Gasteiger partial charge in [0.25, 0.3) is 0 Å². The lowest BCUT2D eigenvalue weighted by Crippen LogP contribution is -2.27. The lowest BCUT2D eigenvalue weighted by atomic mass is 10.2. The highest BCUT2D eigenvalue weighted by Crippen LogP contribution is 2.32. The van der Waals surface area contributed by atoms with Crippen LogP contribution in [0.4, 0.5) is 10.6 Å². The molecule has 4 aromatic rings. The maximum Gasteiger partial charge on any atom is 0.413 e. The molecule has 0 spiro atoms. The van der Waals surface area contributed by atoms with Crippen LogP contribution in [-0.4, -0.2) is 16.7 Å². The Hall–Kier alpha value is -3.01. The number of carbonyl (C=O) groups excluding carboxylic acids is 1. The number of anilines is 1. The Labute approximate surface area is 217 Å². The van der Waals surface area contributed by atoms with Gasteiger partial charge in [0.1, 0.15) is 11.4 Å². The smallest absolute Gasteiger partial charge is 0.413 e. The number of nitrogens with one attached hydrogen (secondary N) is 1. The molecule has 1 aromatic heterocycles. The molecule has 4 rings (SSSR count). The number of carbonyl (C=O) groups is 1. The van der Waals surface area contributed by atoms with Crippen LogP contribution in [-0.2, 0) is 10.1 Å². The van der Waals surface area contributed by atoms with E-state index in [-0.39, 0.29) is 0 Å². The molecule has 35 heavy (non-hydrogen) atoms. The van der Waals surface area contributed by atoms with E-state index in [9.17, 15) is 4.79 Å². The molecular formula is C29H30BrN2O2P. The lowest BCUT2D eigenvalue weighted by molar-refractivity contribution is 0.0635. The zero-order chi connectivity index (χ0) is 25.1. The second-order valence-electron chi connectivity index (χ2n) is 8.65. The van der Waals surface area contributed by atoms with E-state index in [1.165, 1.54) is 15.9 Å². The summed E-state index contributed by atoms with van der Waals surface area (Å²) in [4.78, 5) is 15.5. The minimum Gasteiger partial charge on any atom is -0.444 e. The van der Waals surface area contributed by atoms with Crippen LogP contribution < -0.4 is 21.2 Å². The summed E-state index contributed by atoms with van der Waals surface area (Å²) in [6.45, 7) is 5.44. The third-order valence-electron chi connectivity index (χ3n) is 4.65. The van der Waals surface area contributed by atoms with Crippen LogP contribution in [0.1, 0.15) is 26.3 Å². The molecule has 0 bridgehead atoms. The number of benzene rings is 3. The summed E-state index contributed by atoms with van der Waals surface area (Å²) < 4.78 is 5.10. The van der Waals surface area contributed by atoms with Crippen molar-refractivity contribution < 1.29 is 9.53 Å². The van der Waals surface area contributed by atoms with Gasteiger partial charge in [-0.25, -0.2) is 9.78 Å². The second-order valence-corrected chi connectivity index (χ2v) is 11.4. The summed E-state index contributed by atoms with van der Waals surface area (Å²) in [5, 5.41) is 7.50. The number of hydrogen-bond donors (Lipinski definition) is 1. The van der Waals surface area contributed by atoms with E-state index in [1.807, 2.05) is 26.8 Å². The van der Waals surface area contributed by atoms with Gasteiger partial charge < -0.3 is 4.74 Å². The topological polar surface area (TPSA) is 51.2 Å². The molecule has 1 amide bonds. The van der Waals surface area contributed by atoms with Crippen LogP contribution >= 0.6 is 23.9 Å². The molecule has 3 aromatic carbocycles. The van der Waals surface area contributed by atoms with Gasteiger partial charge in [-0.3, -0.25) is 5.32 Å². The Morgan fingerprint density at radius 1 is 0.800 bits per heavy atom. The summed E-state index contributed by atoms with van der Waals surface area (Å²) in [7, 11) is -0.446. The monoisotopic (exact) mass is 548 g/mol. The number of aromatic nitrogens is 1. The molecule has 180 valence electrons. The quantitative estimate of drug-likeness (QED) is 0.221. The van der Waals surface area contributed by atoms with Gasteiger partial charge in [-0.15, -0.1) is 0 Å². The van der Waals surface area contributed by atoms with Crippen molar-refractivity contribution in [3.63, 3.8) is 0 Å². The van der Waals surface area contributed by atoms with Crippen LogP contribution in [0, 0.1) is 0 Å². The molecule has 0 aliphatic rings. The fraction of sp³-hybridized carbons (Fsp3) is 0.172. The first kappa shape index (κ1) is 26.6. The van der Waals surface area contributed by atoms with E-state index < -0.39 is 19.6 Å². The summed E-state index contributed by atoms with van der Waals surface area (Å²) in [6, 6.07) is 35.9. The fourth-order valence-electron chi connectivity index (χ4n) is 3.16. The predicted octanol–water partition coefficient (Wildman–Crippen LogP) is 6.77. The molecule has 0 saturated carbocycles. The van der Waals surface area contributed by atoms with Crippen LogP contribution in [0.25, 0.3) is 0 Å². The van der Waals surface area contributed by atoms with Crippen molar-refractivity contribution in [3.05, 3.63) is 115 Å². The van der Waals surface area contributed by atoms with Crippen molar-refractivity contribution in [2.45, 2.75) is 31.7 Å². The van der Waals surface area contributed by atoms with Crippen molar-refractivity contribution in [1.29, 1.82) is 0 Å². The normalized spacial score (nSPS) is 10.8. The molecule has 1 N–H and O–H groups in total. The van der Waals surface area contributed by atoms with Crippen molar-refractivity contribution in [1.82, 2.24) is 4.98 Å². The molecular weight excluding hydrogens is 519 g/mol. The van der Waals surface area contributed by atoms with Crippen LogP contribution in [0.3, 0.4) is 0 Å². The van der Waals surface area contributed by atoms with Crippen LogP contribution in [0.2, 0.25) is 0 Å². The van der Waals surface area contributed by atoms with Gasteiger partial charge in [-0.05, 0) is 56.2 Å². The first-order chi connectivity index (χ1) is 16.9. The number of hydrogen-bond acceptors (Lipinski definition) is 3. The molecule has 4 nitrogen and oxygen atoms in total. The van der Waals surface area contributed by atoms with Gasteiger partial charge >= 0.3 is 6.09 Å². The average Bonchev–Trinajstić information content (AvgIpc) is 2.86. The Morgan fingerprint density at radius 3 is 1.60 bits per heavy atom. The maximum absolute atomic E-state index is 11.4. The Kier molecular flexibility index (Phi) is 10.0. The molecule has 6 heteroatoms. The van der Waals surface area contributed by atoms with E-state index in [2.05, 4.69) is 117 Å². The number of halogens is 1. The molecule has 0 aliphatic carbocycles. The van der Waals surface area contributed by atoms with Crippen LogP contribution in [0.5, 0.6) is 0 Å². The minimum atomic E-state index is -0.500. The highest BCUT2D eigenvalue weighted by Gasteiger charge is 2.16. The van der Waals surface area contributed by atoms with Crippen LogP contribution in [0.15, 0.2) is 109 Å². The van der Waals surface area contributed by atoms with E-state index in [4.69, 9.17) is 4.74 Å². The average molecular weight is 549 g/mol. The first-order valence-corrected chi connectivity index (χ1v) is 13.8. The van der Waals surface area contributed by atoms with Crippen molar-refractivity contribution in [3.8, 4) is 0 Å². The number of amides is 1. The van der Waals surface area contributed by atoms with Gasteiger partial charge in [-0.1, -0.05) is 113 Å². The SMILES string of the molecule is CC(C)(C)OC(=O)Nc1ccc(CBr)cn1.c1ccc(P(c2ccccc2)c2ccccc2)cc1. The summed E-state index contributed by atoms with van der Waals surface area (Å²) >= 11 is 3.32. The number of nitrogens with zero attached hydrogens (tertiary/aromatic N) is 1. The van der Waals surface area contributed by atoms with Gasteiger partial charge in [0.2, 0.25) is 0 Å². The highest BCUT2D eigenvalue weighted by molar-refractivity contribution is 9.08. The van der Waals surface area contributed by atoms with Gasteiger partial charge in [0.15, 0.2) is 0 Å². The fourth-order valence-corrected chi connectivity index (χ4v) is 5.80. The summed E-state index contributed by atoms with van der Waals surface area (Å²) in [6.07, 6.45) is 1.20. The summed E-state index contributed by atoms with van der Waals surface area (Å²) in [5.41, 5.74) is 0.551. The van der Waals surface area contributed by atoms with Gasteiger partial charge in [0.05, 0.1) is 0 Å². The third kappa shape index (κ3) is 8.93. The molecule has 0 saturated heterocycles. The predicted molar refractivity (Wildman–Crippen MR) is 152 cm³/mol. The van der Waals surface area contributed by atoms with E-state index in [1.54, 1.807) is 12.3 Å². The third-order valence-corrected chi connectivity index (χ3v) is 7.74. The van der Waals surface area contributed by atoms with E-state index >= 15 is 0 Å². The molecule has 0 fully saturated rings. The standard InChI is InChI=1S/C18H15P.C11H15BrN2O2/c1-4-10-16(11-5-1)19(17-12-6-2-7-13-17)18-14-8-3-9-15-18;1-11(2,3)16-10(15)14-9-5-4-8(6-12)7-13-9/h1-15H;4-5,7H,6H2,1-3H3,(H,13,14,15). The zero-order valence-electron chi connectivity index (χ0n) is 20.2. The number of ether oxygens (including phenoxy) is 1. The minimum absolute atomic E-state index is 0.446. The number of rotatable bonds is 5. The molecule has 0 radical (unpaired) electrons. The first-order valence-electron chi connectivity index (χ1n) is 11.3. The highest BCUT2D eigenvalue weighted by atomic mass is 79.9. The van der Waals surface area contributed by atoms with Crippen molar-refractivity contribution in [2.24, 2.45) is 0 Å². The Morgan fingerprint density at radius 2 is 1.26 bits per heavy atom. The zero-order valence-corrected chi connectivity index (χ0v) is 22.7. The molecule has 1 heterocycles. The van der Waals surface area contributed by atoms with Gasteiger partial charge in [-0.2, -0.15) is 0 Å². The Balaban J connectivity index is 0.000000199.